The van der Waals surface area contributed by atoms with Gasteiger partial charge in [0.1, 0.15) is 0 Å². The highest BCUT2D eigenvalue weighted by Gasteiger charge is 2.36. The molecule has 2 unspecified atom stereocenters. The van der Waals surface area contributed by atoms with E-state index in [0.29, 0.717) is 12.1 Å². The standard InChI is InChI=1S/C8H13NO2/c10-8(11)5-3-6-1-2-7(4-5)9-6/h5-7,9H,1-4H2,(H,10,11). The van der Waals surface area contributed by atoms with Gasteiger partial charge in [-0.05, 0) is 25.7 Å². The number of rotatable bonds is 1. The Balaban J connectivity index is 2.02. The first-order chi connectivity index (χ1) is 5.25. The molecule has 11 heavy (non-hydrogen) atoms. The van der Waals surface area contributed by atoms with Gasteiger partial charge in [0.15, 0.2) is 0 Å². The van der Waals surface area contributed by atoms with Crippen LogP contribution in [-0.2, 0) is 4.79 Å². The van der Waals surface area contributed by atoms with Crippen LogP contribution in [0.15, 0.2) is 0 Å². The Bertz CT molecular complexity index is 169. The second-order valence-electron chi connectivity index (χ2n) is 3.64. The van der Waals surface area contributed by atoms with Crippen molar-refractivity contribution in [2.24, 2.45) is 5.92 Å². The molecule has 2 saturated heterocycles. The van der Waals surface area contributed by atoms with Crippen LogP contribution in [0.25, 0.3) is 0 Å². The highest BCUT2D eigenvalue weighted by molar-refractivity contribution is 5.70. The first kappa shape index (κ1) is 7.10. The molecular formula is C8H13NO2. The lowest BCUT2D eigenvalue weighted by molar-refractivity contribution is -0.143. The van der Waals surface area contributed by atoms with Gasteiger partial charge in [0, 0.05) is 12.1 Å². The fourth-order valence-corrected chi connectivity index (χ4v) is 2.26. The van der Waals surface area contributed by atoms with Crippen molar-refractivity contribution in [3.05, 3.63) is 0 Å². The average molecular weight is 155 g/mol. The molecule has 2 N–H and O–H groups in total. The number of hydrogen-bond donors (Lipinski definition) is 2. The molecule has 2 aliphatic heterocycles. The molecular weight excluding hydrogens is 142 g/mol. The van der Waals surface area contributed by atoms with E-state index in [1.54, 1.807) is 0 Å². The van der Waals surface area contributed by atoms with Crippen molar-refractivity contribution >= 4 is 5.97 Å². The summed E-state index contributed by atoms with van der Waals surface area (Å²) >= 11 is 0. The summed E-state index contributed by atoms with van der Waals surface area (Å²) in [5.41, 5.74) is 0. The largest absolute Gasteiger partial charge is 0.481 e. The highest BCUT2D eigenvalue weighted by Crippen LogP contribution is 2.30. The van der Waals surface area contributed by atoms with Crippen LogP contribution in [0, 0.1) is 5.92 Å². The lowest BCUT2D eigenvalue weighted by Gasteiger charge is -2.25. The third-order valence-corrected chi connectivity index (χ3v) is 2.82. The van der Waals surface area contributed by atoms with Gasteiger partial charge in [-0.2, -0.15) is 0 Å². The molecule has 0 amide bonds. The number of carboxylic acid groups (broad SMARTS) is 1. The topological polar surface area (TPSA) is 49.3 Å². The molecule has 2 rings (SSSR count). The fourth-order valence-electron chi connectivity index (χ4n) is 2.26. The molecule has 3 heteroatoms. The number of carboxylic acids is 1. The molecule has 2 atom stereocenters. The van der Waals surface area contributed by atoms with E-state index in [0.717, 1.165) is 12.8 Å². The Morgan fingerprint density at radius 3 is 2.27 bits per heavy atom. The van der Waals surface area contributed by atoms with E-state index >= 15 is 0 Å². The van der Waals surface area contributed by atoms with Crippen LogP contribution in [0.4, 0.5) is 0 Å². The second kappa shape index (κ2) is 2.48. The van der Waals surface area contributed by atoms with Gasteiger partial charge in [-0.3, -0.25) is 4.79 Å². The Morgan fingerprint density at radius 2 is 1.82 bits per heavy atom. The van der Waals surface area contributed by atoms with Crippen LogP contribution in [0.5, 0.6) is 0 Å². The van der Waals surface area contributed by atoms with Crippen molar-refractivity contribution in [3.63, 3.8) is 0 Å². The number of aliphatic carboxylic acids is 1. The molecule has 0 aromatic carbocycles. The number of nitrogens with one attached hydrogen (secondary N) is 1. The predicted molar refractivity (Wildman–Crippen MR) is 40.3 cm³/mol. The molecule has 2 aliphatic rings. The summed E-state index contributed by atoms with van der Waals surface area (Å²) < 4.78 is 0. The minimum atomic E-state index is -0.608. The maximum Gasteiger partial charge on any atom is 0.306 e. The number of fused-ring (bicyclic) bond motifs is 2. The molecule has 0 aromatic heterocycles. The van der Waals surface area contributed by atoms with Crippen molar-refractivity contribution in [3.8, 4) is 0 Å². The molecule has 0 saturated carbocycles. The van der Waals surface area contributed by atoms with Crippen LogP contribution in [0.2, 0.25) is 0 Å². The van der Waals surface area contributed by atoms with E-state index < -0.39 is 5.97 Å². The predicted octanol–water partition coefficient (Wildman–Crippen LogP) is 0.602. The monoisotopic (exact) mass is 155 g/mol. The van der Waals surface area contributed by atoms with Crippen LogP contribution in [0.3, 0.4) is 0 Å². The van der Waals surface area contributed by atoms with E-state index in [1.807, 2.05) is 0 Å². The van der Waals surface area contributed by atoms with Gasteiger partial charge in [-0.1, -0.05) is 0 Å². The first-order valence-corrected chi connectivity index (χ1v) is 4.24. The van der Waals surface area contributed by atoms with Gasteiger partial charge in [0.2, 0.25) is 0 Å². The molecule has 3 nitrogen and oxygen atoms in total. The van der Waals surface area contributed by atoms with Crippen LogP contribution >= 0.6 is 0 Å². The smallest absolute Gasteiger partial charge is 0.306 e. The van der Waals surface area contributed by atoms with Gasteiger partial charge in [-0.25, -0.2) is 0 Å². The summed E-state index contributed by atoms with van der Waals surface area (Å²) in [6, 6.07) is 0.990. The summed E-state index contributed by atoms with van der Waals surface area (Å²) in [5.74, 6) is -0.683. The van der Waals surface area contributed by atoms with E-state index in [2.05, 4.69) is 5.32 Å². The maximum atomic E-state index is 10.6. The summed E-state index contributed by atoms with van der Waals surface area (Å²) in [7, 11) is 0. The van der Waals surface area contributed by atoms with Gasteiger partial charge in [-0.15, -0.1) is 0 Å². The molecule has 0 radical (unpaired) electrons. The fraction of sp³-hybridized carbons (Fsp3) is 0.875. The van der Waals surface area contributed by atoms with Crippen LogP contribution < -0.4 is 5.32 Å². The van der Waals surface area contributed by atoms with Crippen molar-refractivity contribution < 1.29 is 9.90 Å². The molecule has 2 bridgehead atoms. The molecule has 0 spiro atoms. The first-order valence-electron chi connectivity index (χ1n) is 4.24. The van der Waals surface area contributed by atoms with Gasteiger partial charge >= 0.3 is 5.97 Å². The minimum Gasteiger partial charge on any atom is -0.481 e. The van der Waals surface area contributed by atoms with Crippen LogP contribution in [0.1, 0.15) is 25.7 Å². The van der Waals surface area contributed by atoms with Crippen molar-refractivity contribution in [1.29, 1.82) is 0 Å². The number of hydrogen-bond acceptors (Lipinski definition) is 2. The second-order valence-corrected chi connectivity index (χ2v) is 3.64. The Hall–Kier alpha value is -0.570. The zero-order valence-electron chi connectivity index (χ0n) is 6.42. The molecule has 62 valence electrons. The maximum absolute atomic E-state index is 10.6. The number of piperidine rings is 1. The summed E-state index contributed by atoms with van der Waals surface area (Å²) in [4.78, 5) is 10.6. The average Bonchev–Trinajstić information content (AvgIpc) is 2.30. The highest BCUT2D eigenvalue weighted by atomic mass is 16.4. The quantitative estimate of drug-likeness (QED) is 0.583. The van der Waals surface area contributed by atoms with Crippen molar-refractivity contribution in [1.82, 2.24) is 5.32 Å². The van der Waals surface area contributed by atoms with E-state index in [9.17, 15) is 4.79 Å². The van der Waals surface area contributed by atoms with Crippen LogP contribution in [-0.4, -0.2) is 23.2 Å². The Labute approximate surface area is 65.8 Å². The summed E-state index contributed by atoms with van der Waals surface area (Å²) in [6.07, 6.45) is 4.03. The van der Waals surface area contributed by atoms with Crippen molar-refractivity contribution in [2.45, 2.75) is 37.8 Å². The summed E-state index contributed by atoms with van der Waals surface area (Å²) in [6.45, 7) is 0. The zero-order chi connectivity index (χ0) is 7.84. The molecule has 2 fully saturated rings. The minimum absolute atomic E-state index is 0.0752. The van der Waals surface area contributed by atoms with E-state index in [1.165, 1.54) is 12.8 Å². The third-order valence-electron chi connectivity index (χ3n) is 2.82. The lowest BCUT2D eigenvalue weighted by Crippen LogP contribution is -2.40. The van der Waals surface area contributed by atoms with Gasteiger partial charge in [0.05, 0.1) is 5.92 Å². The van der Waals surface area contributed by atoms with Gasteiger partial charge in [0.25, 0.3) is 0 Å². The molecule has 0 aromatic rings. The van der Waals surface area contributed by atoms with Gasteiger partial charge < -0.3 is 10.4 Å². The molecule has 2 heterocycles. The Kier molecular flexibility index (Phi) is 1.60. The number of carbonyl (C=O) groups is 1. The SMILES string of the molecule is O=C(O)C1CC2CCC(C1)N2. The van der Waals surface area contributed by atoms with E-state index in [4.69, 9.17) is 5.11 Å². The normalized spacial score (nSPS) is 42.4. The molecule has 0 aliphatic carbocycles. The summed E-state index contributed by atoms with van der Waals surface area (Å²) in [5, 5.41) is 12.2. The Morgan fingerprint density at radius 1 is 1.27 bits per heavy atom. The van der Waals surface area contributed by atoms with Crippen molar-refractivity contribution in [2.75, 3.05) is 0 Å². The zero-order valence-corrected chi connectivity index (χ0v) is 6.42. The third kappa shape index (κ3) is 1.25. The van der Waals surface area contributed by atoms with E-state index in [-0.39, 0.29) is 5.92 Å². The lowest BCUT2D eigenvalue weighted by atomic mass is 9.93.